The predicted molar refractivity (Wildman–Crippen MR) is 59.7 cm³/mol. The van der Waals surface area contributed by atoms with Crippen molar-refractivity contribution in [2.24, 2.45) is 11.5 Å². The van der Waals surface area contributed by atoms with E-state index in [4.69, 9.17) is 16.6 Å². The minimum atomic E-state index is -1.08. The lowest BCUT2D eigenvalue weighted by Crippen LogP contribution is -2.49. The van der Waals surface area contributed by atoms with Crippen LogP contribution in [0, 0.1) is 0 Å². The van der Waals surface area contributed by atoms with E-state index >= 15 is 0 Å². The van der Waals surface area contributed by atoms with Gasteiger partial charge in [0, 0.05) is 5.75 Å². The van der Waals surface area contributed by atoms with Gasteiger partial charge in [-0.1, -0.05) is 0 Å². The number of nitrogens with one attached hydrogen (secondary N) is 1. The Morgan fingerprint density at radius 2 is 2.07 bits per heavy atom. The van der Waals surface area contributed by atoms with Crippen LogP contribution in [0.1, 0.15) is 12.8 Å². The zero-order valence-corrected chi connectivity index (χ0v) is 9.24. The molecule has 0 aromatic rings. The van der Waals surface area contributed by atoms with Crippen LogP contribution in [0.4, 0.5) is 0 Å². The molecule has 0 spiro atoms. The van der Waals surface area contributed by atoms with Gasteiger partial charge in [0.05, 0.1) is 6.04 Å². The van der Waals surface area contributed by atoms with Crippen LogP contribution >= 0.6 is 12.6 Å². The quantitative estimate of drug-likeness (QED) is 0.346. The summed E-state index contributed by atoms with van der Waals surface area (Å²) in [7, 11) is 0. The van der Waals surface area contributed by atoms with Crippen molar-refractivity contribution in [2.75, 3.05) is 12.3 Å². The molecule has 0 rings (SSSR count). The minimum Gasteiger partial charge on any atom is -0.480 e. The molecule has 0 aliphatic heterocycles. The first-order valence-corrected chi connectivity index (χ1v) is 5.25. The van der Waals surface area contributed by atoms with Gasteiger partial charge in [0.1, 0.15) is 6.04 Å². The van der Waals surface area contributed by atoms with Crippen LogP contribution in [0.5, 0.6) is 0 Å². The third-order valence-electron chi connectivity index (χ3n) is 1.84. The fourth-order valence-electron chi connectivity index (χ4n) is 0.941. The molecule has 0 aromatic heterocycles. The van der Waals surface area contributed by atoms with E-state index in [0.29, 0.717) is 19.4 Å². The van der Waals surface area contributed by atoms with Gasteiger partial charge in [0.25, 0.3) is 0 Å². The van der Waals surface area contributed by atoms with Gasteiger partial charge in [0.15, 0.2) is 0 Å². The number of carboxylic acid groups (broad SMARTS) is 1. The van der Waals surface area contributed by atoms with Crippen molar-refractivity contribution in [2.45, 2.75) is 24.9 Å². The van der Waals surface area contributed by atoms with E-state index in [1.165, 1.54) is 0 Å². The van der Waals surface area contributed by atoms with E-state index < -0.39 is 24.0 Å². The molecule has 0 aromatic carbocycles. The molecule has 0 fully saturated rings. The summed E-state index contributed by atoms with van der Waals surface area (Å²) >= 11 is 3.85. The van der Waals surface area contributed by atoms with Crippen LogP contribution in [0.3, 0.4) is 0 Å². The number of nitrogens with two attached hydrogens (primary N) is 2. The number of rotatable bonds is 7. The van der Waals surface area contributed by atoms with Gasteiger partial charge in [-0.25, -0.2) is 4.79 Å². The van der Waals surface area contributed by atoms with Crippen molar-refractivity contribution in [3.8, 4) is 0 Å². The van der Waals surface area contributed by atoms with Gasteiger partial charge in [0.2, 0.25) is 5.91 Å². The summed E-state index contributed by atoms with van der Waals surface area (Å²) in [5.41, 5.74) is 10.6. The molecule has 0 radical (unpaired) electrons. The van der Waals surface area contributed by atoms with Crippen molar-refractivity contribution >= 4 is 24.5 Å². The number of amides is 1. The summed E-state index contributed by atoms with van der Waals surface area (Å²) in [4.78, 5) is 22.0. The smallest absolute Gasteiger partial charge is 0.326 e. The minimum absolute atomic E-state index is 0.176. The van der Waals surface area contributed by atoms with Crippen LogP contribution in [-0.4, -0.2) is 41.4 Å². The summed E-state index contributed by atoms with van der Waals surface area (Å²) in [5.74, 6) is -1.41. The van der Waals surface area contributed by atoms with Crippen LogP contribution in [-0.2, 0) is 9.59 Å². The SMILES string of the molecule is NCCC[C@H](NC(=O)[C@@H](N)CS)C(=O)O. The summed E-state index contributed by atoms with van der Waals surface area (Å²) in [5, 5.41) is 11.1. The van der Waals surface area contributed by atoms with Gasteiger partial charge in [-0.05, 0) is 19.4 Å². The molecule has 7 heteroatoms. The van der Waals surface area contributed by atoms with E-state index in [0.717, 1.165) is 0 Å². The molecule has 0 aliphatic rings. The van der Waals surface area contributed by atoms with E-state index in [1.54, 1.807) is 0 Å². The summed E-state index contributed by atoms with van der Waals surface area (Å²) in [6, 6.07) is -1.71. The molecule has 0 saturated carbocycles. The van der Waals surface area contributed by atoms with Gasteiger partial charge in [-0.15, -0.1) is 0 Å². The zero-order chi connectivity index (χ0) is 11.8. The molecule has 88 valence electrons. The highest BCUT2D eigenvalue weighted by molar-refractivity contribution is 7.80. The Morgan fingerprint density at radius 1 is 1.47 bits per heavy atom. The average molecular weight is 235 g/mol. The number of carboxylic acids is 1. The first kappa shape index (κ1) is 14.2. The molecule has 6 nitrogen and oxygen atoms in total. The Kier molecular flexibility index (Phi) is 7.10. The number of hydrogen-bond donors (Lipinski definition) is 5. The lowest BCUT2D eigenvalue weighted by molar-refractivity contribution is -0.142. The van der Waals surface area contributed by atoms with Crippen LogP contribution in [0.15, 0.2) is 0 Å². The topological polar surface area (TPSA) is 118 Å². The second kappa shape index (κ2) is 7.49. The fourth-order valence-corrected chi connectivity index (χ4v) is 1.11. The Bertz CT molecular complexity index is 225. The highest BCUT2D eigenvalue weighted by atomic mass is 32.1. The van der Waals surface area contributed by atoms with Crippen LogP contribution in [0.2, 0.25) is 0 Å². The van der Waals surface area contributed by atoms with Gasteiger partial charge >= 0.3 is 5.97 Å². The largest absolute Gasteiger partial charge is 0.480 e. The maximum Gasteiger partial charge on any atom is 0.326 e. The predicted octanol–water partition coefficient (Wildman–Crippen LogP) is -1.45. The number of hydrogen-bond acceptors (Lipinski definition) is 5. The van der Waals surface area contributed by atoms with Crippen molar-refractivity contribution in [3.05, 3.63) is 0 Å². The Labute approximate surface area is 93.8 Å². The number of carbonyl (C=O) groups excluding carboxylic acids is 1. The van der Waals surface area contributed by atoms with Gasteiger partial charge < -0.3 is 21.9 Å². The van der Waals surface area contributed by atoms with Gasteiger partial charge in [-0.2, -0.15) is 12.6 Å². The third kappa shape index (κ3) is 5.60. The number of aliphatic carboxylic acids is 1. The second-order valence-corrected chi connectivity index (χ2v) is 3.48. The fraction of sp³-hybridized carbons (Fsp3) is 0.750. The van der Waals surface area contributed by atoms with Crippen molar-refractivity contribution in [3.63, 3.8) is 0 Å². The normalized spacial score (nSPS) is 14.3. The standard InChI is InChI=1S/C8H17N3O3S/c9-3-1-2-6(8(13)14)11-7(12)5(10)4-15/h5-6,15H,1-4,9-10H2,(H,11,12)(H,13,14)/t5-,6-/m0/s1. The first-order chi connectivity index (χ1) is 7.02. The van der Waals surface area contributed by atoms with E-state index in [2.05, 4.69) is 17.9 Å². The molecule has 0 aliphatic carbocycles. The molecule has 0 heterocycles. The maximum absolute atomic E-state index is 11.3. The summed E-state index contributed by atoms with van der Waals surface area (Å²) in [6.45, 7) is 0.387. The molecular formula is C8H17N3O3S. The molecular weight excluding hydrogens is 218 g/mol. The highest BCUT2D eigenvalue weighted by Crippen LogP contribution is 1.97. The third-order valence-corrected chi connectivity index (χ3v) is 2.24. The highest BCUT2D eigenvalue weighted by Gasteiger charge is 2.21. The van der Waals surface area contributed by atoms with Crippen LogP contribution in [0.25, 0.3) is 0 Å². The summed E-state index contributed by atoms with van der Waals surface area (Å²) < 4.78 is 0. The van der Waals surface area contributed by atoms with Crippen molar-refractivity contribution in [1.29, 1.82) is 0 Å². The second-order valence-electron chi connectivity index (χ2n) is 3.12. The molecule has 6 N–H and O–H groups in total. The number of carbonyl (C=O) groups is 2. The van der Waals surface area contributed by atoms with Gasteiger partial charge in [-0.3, -0.25) is 4.79 Å². The van der Waals surface area contributed by atoms with E-state index in [9.17, 15) is 9.59 Å². The zero-order valence-electron chi connectivity index (χ0n) is 8.35. The Balaban J connectivity index is 4.16. The molecule has 15 heavy (non-hydrogen) atoms. The van der Waals surface area contributed by atoms with E-state index in [-0.39, 0.29) is 5.75 Å². The Hall–Kier alpha value is -0.790. The Morgan fingerprint density at radius 3 is 2.47 bits per heavy atom. The molecule has 0 saturated heterocycles. The van der Waals surface area contributed by atoms with E-state index in [1.807, 2.05) is 0 Å². The van der Waals surface area contributed by atoms with Crippen molar-refractivity contribution < 1.29 is 14.7 Å². The lowest BCUT2D eigenvalue weighted by Gasteiger charge is -2.16. The van der Waals surface area contributed by atoms with Crippen molar-refractivity contribution in [1.82, 2.24) is 5.32 Å². The number of thiol groups is 1. The molecule has 2 atom stereocenters. The summed E-state index contributed by atoms with van der Waals surface area (Å²) in [6.07, 6.45) is 0.838. The van der Waals surface area contributed by atoms with Crippen LogP contribution < -0.4 is 16.8 Å². The molecule has 0 unspecified atom stereocenters. The lowest BCUT2D eigenvalue weighted by atomic mass is 10.1. The average Bonchev–Trinajstić information content (AvgIpc) is 2.22. The maximum atomic E-state index is 11.3. The monoisotopic (exact) mass is 235 g/mol. The molecule has 1 amide bonds. The molecule has 0 bridgehead atoms. The first-order valence-electron chi connectivity index (χ1n) is 4.62.